The van der Waals surface area contributed by atoms with Crippen LogP contribution < -0.4 is 10.6 Å². The lowest BCUT2D eigenvalue weighted by atomic mass is 10.3. The van der Waals surface area contributed by atoms with Crippen LogP contribution >= 0.6 is 34.9 Å². The van der Waals surface area contributed by atoms with Gasteiger partial charge >= 0.3 is 6.03 Å². The fourth-order valence-corrected chi connectivity index (χ4v) is 4.30. The van der Waals surface area contributed by atoms with Gasteiger partial charge in [0.2, 0.25) is 5.91 Å². The van der Waals surface area contributed by atoms with Crippen molar-refractivity contribution in [2.75, 3.05) is 18.1 Å². The van der Waals surface area contributed by atoms with Crippen molar-refractivity contribution in [1.29, 1.82) is 0 Å². The molecule has 1 heterocycles. The van der Waals surface area contributed by atoms with E-state index >= 15 is 0 Å². The van der Waals surface area contributed by atoms with E-state index in [0.717, 1.165) is 40.1 Å². The van der Waals surface area contributed by atoms with E-state index < -0.39 is 6.03 Å². The SMILES string of the molecule is CCCCNC(=O)NC(=O)CSc1nnc(SCCCC)s1. The molecule has 0 fully saturated rings. The molecule has 1 aromatic heterocycles. The lowest BCUT2D eigenvalue weighted by Crippen LogP contribution is -2.40. The van der Waals surface area contributed by atoms with Crippen molar-refractivity contribution in [1.82, 2.24) is 20.8 Å². The molecule has 0 aliphatic carbocycles. The molecule has 0 aromatic carbocycles. The normalized spacial score (nSPS) is 10.5. The lowest BCUT2D eigenvalue weighted by molar-refractivity contribution is -0.117. The molecule has 0 radical (unpaired) electrons. The summed E-state index contributed by atoms with van der Waals surface area (Å²) in [7, 11) is 0. The number of aromatic nitrogens is 2. The van der Waals surface area contributed by atoms with Crippen LogP contribution in [0.15, 0.2) is 8.68 Å². The third-order valence-electron chi connectivity index (χ3n) is 2.51. The van der Waals surface area contributed by atoms with Crippen LogP contribution in [0.5, 0.6) is 0 Å². The number of nitrogens with one attached hydrogen (secondary N) is 2. The molecule has 0 aliphatic heterocycles. The van der Waals surface area contributed by atoms with Gasteiger partial charge < -0.3 is 5.32 Å². The highest BCUT2D eigenvalue weighted by Crippen LogP contribution is 2.29. The molecular weight excluding hydrogens is 340 g/mol. The summed E-state index contributed by atoms with van der Waals surface area (Å²) in [4.78, 5) is 23.0. The number of thioether (sulfide) groups is 2. The first-order chi connectivity index (χ1) is 10.7. The van der Waals surface area contributed by atoms with E-state index in [1.807, 2.05) is 6.92 Å². The van der Waals surface area contributed by atoms with Crippen LogP contribution in [0.2, 0.25) is 0 Å². The van der Waals surface area contributed by atoms with Crippen molar-refractivity contribution < 1.29 is 9.59 Å². The highest BCUT2D eigenvalue weighted by Gasteiger charge is 2.10. The van der Waals surface area contributed by atoms with E-state index in [1.165, 1.54) is 23.1 Å². The first-order valence-corrected chi connectivity index (χ1v) is 10.1. The van der Waals surface area contributed by atoms with Gasteiger partial charge in [-0.1, -0.05) is 61.5 Å². The number of amides is 3. The molecule has 6 nitrogen and oxygen atoms in total. The van der Waals surface area contributed by atoms with Crippen molar-refractivity contribution in [2.24, 2.45) is 0 Å². The standard InChI is InChI=1S/C13H22N4O2S3/c1-3-5-7-14-11(19)15-10(18)9-21-13-17-16-12(22-13)20-8-6-4-2/h3-9H2,1-2H3,(H2,14,15,18,19). The third kappa shape index (κ3) is 8.60. The number of carbonyl (C=O) groups excluding carboxylic acids is 2. The molecule has 0 spiro atoms. The van der Waals surface area contributed by atoms with Gasteiger partial charge in [-0.2, -0.15) is 0 Å². The van der Waals surface area contributed by atoms with E-state index in [9.17, 15) is 9.59 Å². The molecule has 2 N–H and O–H groups in total. The summed E-state index contributed by atoms with van der Waals surface area (Å²) in [6, 6.07) is -0.438. The topological polar surface area (TPSA) is 84.0 Å². The Hall–Kier alpha value is -0.800. The summed E-state index contributed by atoms with van der Waals surface area (Å²) >= 11 is 4.47. The number of rotatable bonds is 10. The van der Waals surface area contributed by atoms with Gasteiger partial charge in [0.15, 0.2) is 8.68 Å². The molecule has 124 valence electrons. The van der Waals surface area contributed by atoms with Crippen LogP contribution in [-0.4, -0.2) is 40.2 Å². The molecule has 22 heavy (non-hydrogen) atoms. The second-order valence-corrected chi connectivity index (χ2v) is 8.02. The third-order valence-corrected chi connectivity index (χ3v) is 5.78. The van der Waals surface area contributed by atoms with E-state index in [0.29, 0.717) is 6.54 Å². The van der Waals surface area contributed by atoms with Crippen molar-refractivity contribution >= 4 is 46.8 Å². The summed E-state index contributed by atoms with van der Waals surface area (Å²) < 4.78 is 1.68. The summed E-state index contributed by atoms with van der Waals surface area (Å²) in [5.74, 6) is 0.873. The molecule has 0 saturated carbocycles. The Bertz CT molecular complexity index is 468. The van der Waals surface area contributed by atoms with Gasteiger partial charge in [-0.15, -0.1) is 10.2 Å². The highest BCUT2D eigenvalue weighted by molar-refractivity contribution is 8.03. The highest BCUT2D eigenvalue weighted by atomic mass is 32.2. The molecule has 1 aromatic rings. The number of carbonyl (C=O) groups is 2. The molecular formula is C13H22N4O2S3. The van der Waals surface area contributed by atoms with E-state index in [-0.39, 0.29) is 11.7 Å². The van der Waals surface area contributed by atoms with Crippen molar-refractivity contribution in [2.45, 2.75) is 48.2 Å². The van der Waals surface area contributed by atoms with Gasteiger partial charge in [-0.3, -0.25) is 10.1 Å². The molecule has 0 unspecified atom stereocenters. The summed E-state index contributed by atoms with van der Waals surface area (Å²) in [5, 5.41) is 13.0. The summed E-state index contributed by atoms with van der Waals surface area (Å²) in [6.07, 6.45) is 4.22. The van der Waals surface area contributed by atoms with Crippen molar-refractivity contribution in [3.05, 3.63) is 0 Å². The average molecular weight is 363 g/mol. The molecule has 0 aliphatic rings. The molecule has 3 amide bonds. The first kappa shape index (κ1) is 19.2. The minimum absolute atomic E-state index is 0.162. The van der Waals surface area contributed by atoms with Gasteiger partial charge in [0.1, 0.15) is 0 Å². The Labute approximate surface area is 143 Å². The van der Waals surface area contributed by atoms with Gasteiger partial charge in [0, 0.05) is 12.3 Å². The fourth-order valence-electron chi connectivity index (χ4n) is 1.33. The predicted molar refractivity (Wildman–Crippen MR) is 92.7 cm³/mol. The van der Waals surface area contributed by atoms with E-state index in [1.54, 1.807) is 11.8 Å². The minimum Gasteiger partial charge on any atom is -0.338 e. The fraction of sp³-hybridized carbons (Fsp3) is 0.692. The Kier molecular flexibility index (Phi) is 10.3. The van der Waals surface area contributed by atoms with Crippen LogP contribution in [-0.2, 0) is 4.79 Å². The predicted octanol–water partition coefficient (Wildman–Crippen LogP) is 3.15. The Morgan fingerprint density at radius 3 is 2.45 bits per heavy atom. The van der Waals surface area contributed by atoms with Crippen LogP contribution in [0.1, 0.15) is 39.5 Å². The summed E-state index contributed by atoms with van der Waals surface area (Å²) in [5.41, 5.74) is 0. The molecule has 9 heteroatoms. The average Bonchev–Trinajstić information content (AvgIpc) is 2.94. The molecule has 0 bridgehead atoms. The zero-order valence-electron chi connectivity index (χ0n) is 12.9. The zero-order valence-corrected chi connectivity index (χ0v) is 15.3. The number of imide groups is 1. The minimum atomic E-state index is -0.438. The Morgan fingerprint density at radius 1 is 1.09 bits per heavy atom. The molecule has 0 saturated heterocycles. The second-order valence-electron chi connectivity index (χ2n) is 4.48. The molecule has 0 atom stereocenters. The van der Waals surface area contributed by atoms with Gasteiger partial charge in [-0.05, 0) is 12.8 Å². The van der Waals surface area contributed by atoms with Crippen LogP contribution in [0.25, 0.3) is 0 Å². The van der Waals surface area contributed by atoms with Crippen LogP contribution in [0.4, 0.5) is 4.79 Å². The summed E-state index contributed by atoms with van der Waals surface area (Å²) in [6.45, 7) is 4.77. The van der Waals surface area contributed by atoms with Crippen LogP contribution in [0, 0.1) is 0 Å². The second kappa shape index (κ2) is 11.7. The largest absolute Gasteiger partial charge is 0.338 e. The van der Waals surface area contributed by atoms with Crippen molar-refractivity contribution in [3.63, 3.8) is 0 Å². The monoisotopic (exact) mass is 362 g/mol. The van der Waals surface area contributed by atoms with Gasteiger partial charge in [-0.25, -0.2) is 4.79 Å². The maximum atomic E-state index is 11.6. The van der Waals surface area contributed by atoms with E-state index in [2.05, 4.69) is 27.8 Å². The number of hydrogen-bond acceptors (Lipinski definition) is 7. The Morgan fingerprint density at radius 2 is 1.77 bits per heavy atom. The van der Waals surface area contributed by atoms with E-state index in [4.69, 9.17) is 0 Å². The number of nitrogens with zero attached hydrogens (tertiary/aromatic N) is 2. The lowest BCUT2D eigenvalue weighted by Gasteiger charge is -2.04. The maximum Gasteiger partial charge on any atom is 0.321 e. The maximum absolute atomic E-state index is 11.6. The smallest absolute Gasteiger partial charge is 0.321 e. The number of urea groups is 1. The number of hydrogen-bond donors (Lipinski definition) is 2. The first-order valence-electron chi connectivity index (χ1n) is 7.32. The van der Waals surface area contributed by atoms with Crippen molar-refractivity contribution in [3.8, 4) is 0 Å². The quantitative estimate of drug-likeness (QED) is 0.491. The van der Waals surface area contributed by atoms with Gasteiger partial charge in [0.05, 0.1) is 5.75 Å². The Balaban J connectivity index is 2.22. The molecule has 1 rings (SSSR count). The zero-order chi connectivity index (χ0) is 16.2. The van der Waals surface area contributed by atoms with Crippen LogP contribution in [0.3, 0.4) is 0 Å². The number of unbranched alkanes of at least 4 members (excludes halogenated alkanes) is 2. The van der Waals surface area contributed by atoms with Gasteiger partial charge in [0.25, 0.3) is 0 Å².